The number of rotatable bonds is 4. The summed E-state index contributed by atoms with van der Waals surface area (Å²) in [6.45, 7) is 2.03. The van der Waals surface area contributed by atoms with Crippen molar-refractivity contribution in [3.63, 3.8) is 0 Å². The van der Waals surface area contributed by atoms with E-state index in [-0.39, 0.29) is 0 Å². The molecular weight excluding hydrogens is 384 g/mol. The smallest absolute Gasteiger partial charge is 0.0947 e. The Hall–Kier alpha value is 0.250. The van der Waals surface area contributed by atoms with Crippen molar-refractivity contribution in [3.8, 4) is 0 Å². The molecule has 2 nitrogen and oxygen atoms in total. The van der Waals surface area contributed by atoms with Crippen molar-refractivity contribution in [3.05, 3.63) is 35.3 Å². The number of halogens is 2. The Morgan fingerprint density at radius 3 is 2.71 bits per heavy atom. The fraction of sp³-hybridized carbons (Fsp3) is 0.364. The van der Waals surface area contributed by atoms with Gasteiger partial charge in [-0.1, -0.05) is 0 Å². The number of likely N-dealkylation sites (N-methyl/N-ethyl adjacent to an activating group) is 1. The molecule has 1 unspecified atom stereocenters. The Morgan fingerprint density at radius 2 is 2.24 bits per heavy atom. The van der Waals surface area contributed by atoms with Crippen LogP contribution in [0.25, 0.3) is 0 Å². The molecule has 2 aromatic rings. The summed E-state index contributed by atoms with van der Waals surface area (Å²) in [6.07, 6.45) is 0.927. The van der Waals surface area contributed by atoms with E-state index in [9.17, 15) is 0 Å². The second-order valence-corrected chi connectivity index (χ2v) is 8.40. The number of thiazole rings is 1. The van der Waals surface area contributed by atoms with Gasteiger partial charge in [-0.25, -0.2) is 4.98 Å². The van der Waals surface area contributed by atoms with Gasteiger partial charge < -0.3 is 5.32 Å². The monoisotopic (exact) mass is 394 g/mol. The van der Waals surface area contributed by atoms with Gasteiger partial charge in [-0.05, 0) is 57.5 Å². The molecule has 0 bridgehead atoms. The third kappa shape index (κ3) is 3.38. The first kappa shape index (κ1) is 13.7. The zero-order chi connectivity index (χ0) is 12.4. The number of thiophene rings is 1. The quantitative estimate of drug-likeness (QED) is 0.821. The van der Waals surface area contributed by atoms with Gasteiger partial charge in [0.25, 0.3) is 0 Å². The zero-order valence-corrected chi connectivity index (χ0v) is 14.3. The molecule has 0 saturated carbocycles. The fourth-order valence-corrected chi connectivity index (χ4v) is 5.42. The summed E-state index contributed by atoms with van der Waals surface area (Å²) in [5.41, 5.74) is 2.39. The Labute approximate surface area is 126 Å². The van der Waals surface area contributed by atoms with E-state index >= 15 is 0 Å². The predicted octanol–water partition coefficient (Wildman–Crippen LogP) is 4.54. The lowest BCUT2D eigenvalue weighted by atomic mass is 10.1. The number of aryl methyl sites for hydroxylation is 1. The number of nitrogens with one attached hydrogen (secondary N) is 1. The topological polar surface area (TPSA) is 24.9 Å². The Morgan fingerprint density at radius 1 is 1.47 bits per heavy atom. The zero-order valence-electron chi connectivity index (χ0n) is 9.46. The van der Waals surface area contributed by atoms with E-state index in [4.69, 9.17) is 0 Å². The normalized spacial score (nSPS) is 12.9. The summed E-state index contributed by atoms with van der Waals surface area (Å²) < 4.78 is 2.33. The number of aromatic nitrogens is 1. The van der Waals surface area contributed by atoms with Gasteiger partial charge in [0.15, 0.2) is 0 Å². The molecule has 0 saturated heterocycles. The summed E-state index contributed by atoms with van der Waals surface area (Å²) in [6, 6.07) is 2.47. The third-order valence-electron chi connectivity index (χ3n) is 2.45. The molecule has 2 heterocycles. The van der Waals surface area contributed by atoms with Gasteiger partial charge in [0.1, 0.15) is 0 Å². The van der Waals surface area contributed by atoms with Crippen molar-refractivity contribution in [2.24, 2.45) is 0 Å². The van der Waals surface area contributed by atoms with Crippen LogP contribution < -0.4 is 5.32 Å². The molecule has 92 valence electrons. The van der Waals surface area contributed by atoms with E-state index in [1.165, 1.54) is 14.4 Å². The van der Waals surface area contributed by atoms with Gasteiger partial charge in [-0.15, -0.1) is 22.7 Å². The molecule has 2 rings (SSSR count). The molecule has 0 aromatic carbocycles. The first-order valence-electron chi connectivity index (χ1n) is 5.13. The van der Waals surface area contributed by atoms with Gasteiger partial charge in [-0.3, -0.25) is 0 Å². The van der Waals surface area contributed by atoms with Crippen molar-refractivity contribution in [1.29, 1.82) is 0 Å². The van der Waals surface area contributed by atoms with Crippen LogP contribution in [-0.4, -0.2) is 12.0 Å². The molecule has 0 fully saturated rings. The van der Waals surface area contributed by atoms with Crippen LogP contribution in [0.3, 0.4) is 0 Å². The number of hydrogen-bond donors (Lipinski definition) is 1. The molecule has 0 aliphatic carbocycles. The van der Waals surface area contributed by atoms with E-state index < -0.39 is 0 Å². The van der Waals surface area contributed by atoms with Crippen molar-refractivity contribution < 1.29 is 0 Å². The van der Waals surface area contributed by atoms with Crippen LogP contribution in [0.4, 0.5) is 0 Å². The molecule has 0 aliphatic rings. The fourth-order valence-electron chi connectivity index (χ4n) is 1.63. The summed E-state index contributed by atoms with van der Waals surface area (Å²) in [5, 5.41) is 6.63. The molecular formula is C11H12Br2N2S2. The van der Waals surface area contributed by atoms with E-state index in [2.05, 4.69) is 53.6 Å². The van der Waals surface area contributed by atoms with Gasteiger partial charge in [0.05, 0.1) is 12.6 Å². The van der Waals surface area contributed by atoms with Gasteiger partial charge in [0, 0.05) is 23.5 Å². The molecule has 1 atom stereocenters. The molecule has 1 N–H and O–H groups in total. The van der Waals surface area contributed by atoms with Crippen LogP contribution in [-0.2, 0) is 6.42 Å². The van der Waals surface area contributed by atoms with Crippen LogP contribution in [0.1, 0.15) is 22.3 Å². The molecule has 0 amide bonds. The van der Waals surface area contributed by atoms with E-state index in [1.54, 1.807) is 22.7 Å². The van der Waals surface area contributed by atoms with E-state index in [0.717, 1.165) is 15.9 Å². The van der Waals surface area contributed by atoms with Crippen molar-refractivity contribution in [2.75, 3.05) is 7.05 Å². The average Bonchev–Trinajstić information content (AvgIpc) is 2.82. The van der Waals surface area contributed by atoms with Gasteiger partial charge in [0.2, 0.25) is 0 Å². The Balaban J connectivity index is 2.19. The summed E-state index contributed by atoms with van der Waals surface area (Å²) in [5.74, 6) is 0. The lowest BCUT2D eigenvalue weighted by molar-refractivity contribution is 0.590. The number of hydrogen-bond acceptors (Lipinski definition) is 4. The highest BCUT2D eigenvalue weighted by Crippen LogP contribution is 2.36. The molecule has 0 aliphatic heterocycles. The minimum Gasteiger partial charge on any atom is -0.313 e. The molecule has 0 spiro atoms. The maximum atomic E-state index is 4.52. The van der Waals surface area contributed by atoms with Gasteiger partial charge in [-0.2, -0.15) is 0 Å². The standard InChI is InChI=1S/C11H12Br2N2S2/c1-6-5-16-10(15-6)4-8(14-2)7-3-9(12)17-11(7)13/h3,5,8,14H,4H2,1-2H3. The van der Waals surface area contributed by atoms with Crippen LogP contribution in [0.2, 0.25) is 0 Å². The lowest BCUT2D eigenvalue weighted by Crippen LogP contribution is -2.18. The predicted molar refractivity (Wildman–Crippen MR) is 82.1 cm³/mol. The second-order valence-electron chi connectivity index (χ2n) is 3.71. The minimum absolute atomic E-state index is 0.303. The number of nitrogens with zero attached hydrogens (tertiary/aromatic N) is 1. The van der Waals surface area contributed by atoms with Gasteiger partial charge >= 0.3 is 0 Å². The highest BCUT2D eigenvalue weighted by atomic mass is 79.9. The summed E-state index contributed by atoms with van der Waals surface area (Å²) in [4.78, 5) is 4.52. The van der Waals surface area contributed by atoms with E-state index in [1.807, 2.05) is 14.0 Å². The van der Waals surface area contributed by atoms with Crippen LogP contribution in [0, 0.1) is 6.92 Å². The Kier molecular flexibility index (Phi) is 4.77. The molecule has 6 heteroatoms. The van der Waals surface area contributed by atoms with Crippen molar-refractivity contribution in [1.82, 2.24) is 10.3 Å². The highest BCUT2D eigenvalue weighted by Gasteiger charge is 2.17. The van der Waals surface area contributed by atoms with E-state index in [0.29, 0.717) is 6.04 Å². The van der Waals surface area contributed by atoms with Crippen molar-refractivity contribution in [2.45, 2.75) is 19.4 Å². The average molecular weight is 396 g/mol. The SMILES string of the molecule is CNC(Cc1nc(C)cs1)c1cc(Br)sc1Br. The first-order valence-corrected chi connectivity index (χ1v) is 8.41. The van der Waals surface area contributed by atoms with Crippen LogP contribution in [0.15, 0.2) is 19.0 Å². The summed E-state index contributed by atoms with van der Waals surface area (Å²) >= 11 is 10.6. The summed E-state index contributed by atoms with van der Waals surface area (Å²) in [7, 11) is 1.99. The van der Waals surface area contributed by atoms with Crippen molar-refractivity contribution >= 4 is 54.5 Å². The highest BCUT2D eigenvalue weighted by molar-refractivity contribution is 9.12. The largest absolute Gasteiger partial charge is 0.313 e. The molecule has 2 aromatic heterocycles. The maximum absolute atomic E-state index is 4.52. The third-order valence-corrected chi connectivity index (χ3v) is 5.83. The second kappa shape index (κ2) is 5.93. The maximum Gasteiger partial charge on any atom is 0.0947 e. The molecule has 17 heavy (non-hydrogen) atoms. The van der Waals surface area contributed by atoms with Crippen LogP contribution in [0.5, 0.6) is 0 Å². The lowest BCUT2D eigenvalue weighted by Gasteiger charge is -2.14. The minimum atomic E-state index is 0.303. The van der Waals surface area contributed by atoms with Crippen LogP contribution >= 0.6 is 54.5 Å². The Bertz CT molecular complexity index is 507. The first-order chi connectivity index (χ1) is 8.10. The molecule has 0 radical (unpaired) electrons.